The van der Waals surface area contributed by atoms with Gasteiger partial charge in [-0.15, -0.1) is 11.3 Å². The molecule has 4 aliphatic heterocycles. The van der Waals surface area contributed by atoms with Crippen LogP contribution in [0.15, 0.2) is 29.6 Å². The summed E-state index contributed by atoms with van der Waals surface area (Å²) in [6.07, 6.45) is 0.927. The topological polar surface area (TPSA) is 96.9 Å². The fraction of sp³-hybridized carbons (Fsp3) is 0.500. The molecule has 0 bridgehead atoms. The predicted molar refractivity (Wildman–Crippen MR) is 160 cm³/mol. The van der Waals surface area contributed by atoms with Crippen molar-refractivity contribution in [3.8, 4) is 0 Å². The minimum atomic E-state index is -0.313. The van der Waals surface area contributed by atoms with Crippen molar-refractivity contribution in [2.45, 2.75) is 37.3 Å². The summed E-state index contributed by atoms with van der Waals surface area (Å²) in [6.45, 7) is 9.14. The highest BCUT2D eigenvalue weighted by Crippen LogP contribution is 2.39. The molecule has 1 aromatic carbocycles. The highest BCUT2D eigenvalue weighted by molar-refractivity contribution is 7.80. The number of benzene rings is 1. The molecule has 4 aliphatic rings. The molecule has 2 unspecified atom stereocenters. The molecule has 10 nitrogen and oxygen atoms in total. The number of hydrogen-bond donors (Lipinski definition) is 3. The van der Waals surface area contributed by atoms with Gasteiger partial charge in [0.25, 0.3) is 0 Å². The molecule has 40 heavy (non-hydrogen) atoms. The Labute approximate surface area is 243 Å². The first-order valence-corrected chi connectivity index (χ1v) is 15.5. The second-order valence-corrected chi connectivity index (χ2v) is 12.4. The Morgan fingerprint density at radius 2 is 1.82 bits per heavy atom. The van der Waals surface area contributed by atoms with Crippen LogP contribution in [0.1, 0.15) is 34.9 Å². The summed E-state index contributed by atoms with van der Waals surface area (Å²) in [6, 6.07) is 8.41. The van der Waals surface area contributed by atoms with Crippen molar-refractivity contribution in [2.75, 3.05) is 62.2 Å². The average Bonchev–Trinajstić information content (AvgIpc) is 3.58. The number of carbonyl (C=O) groups is 2. The van der Waals surface area contributed by atoms with E-state index in [0.29, 0.717) is 19.4 Å². The summed E-state index contributed by atoms with van der Waals surface area (Å²) in [7, 11) is 0. The quantitative estimate of drug-likeness (QED) is 0.310. The van der Waals surface area contributed by atoms with Crippen LogP contribution in [0.5, 0.6) is 0 Å². The minimum absolute atomic E-state index is 0.136. The maximum Gasteiger partial charge on any atom is 0.243 e. The number of anilines is 2. The number of carbonyl (C=O) groups excluding carboxylic acids is 2. The first-order valence-electron chi connectivity index (χ1n) is 14.1. The number of nitrogens with zero attached hydrogens (tertiary/aromatic N) is 6. The zero-order chi connectivity index (χ0) is 27.2. The maximum atomic E-state index is 12.5. The normalized spacial score (nSPS) is 24.5. The summed E-state index contributed by atoms with van der Waals surface area (Å²) in [4.78, 5) is 43.4. The van der Waals surface area contributed by atoms with Gasteiger partial charge in [-0.25, -0.2) is 4.98 Å². The van der Waals surface area contributed by atoms with Crippen molar-refractivity contribution < 1.29 is 9.59 Å². The molecule has 210 valence electrons. The van der Waals surface area contributed by atoms with E-state index in [2.05, 4.69) is 59.9 Å². The van der Waals surface area contributed by atoms with Crippen molar-refractivity contribution >= 4 is 57.8 Å². The number of imide groups is 1. The second kappa shape index (κ2) is 10.9. The van der Waals surface area contributed by atoms with Gasteiger partial charge in [0.15, 0.2) is 5.82 Å². The number of amides is 2. The lowest BCUT2D eigenvalue weighted by molar-refractivity contribution is -0.137. The van der Waals surface area contributed by atoms with Gasteiger partial charge in [0.2, 0.25) is 17.8 Å². The molecule has 2 amide bonds. The fourth-order valence-corrected chi connectivity index (χ4v) is 7.66. The van der Waals surface area contributed by atoms with E-state index >= 15 is 0 Å². The third-order valence-corrected chi connectivity index (χ3v) is 9.99. The highest BCUT2D eigenvalue weighted by Gasteiger charge is 2.39. The van der Waals surface area contributed by atoms with Crippen LogP contribution in [0.2, 0.25) is 0 Å². The summed E-state index contributed by atoms with van der Waals surface area (Å²) >= 11 is 6.56. The van der Waals surface area contributed by atoms with Gasteiger partial charge in [-0.1, -0.05) is 18.2 Å². The highest BCUT2D eigenvalue weighted by atomic mass is 32.1. The van der Waals surface area contributed by atoms with E-state index in [4.69, 9.17) is 22.6 Å². The van der Waals surface area contributed by atoms with Crippen LogP contribution in [-0.4, -0.2) is 90.0 Å². The third-order valence-electron chi connectivity index (χ3n) is 8.51. The van der Waals surface area contributed by atoms with Gasteiger partial charge in [-0.2, -0.15) is 17.6 Å². The van der Waals surface area contributed by atoms with E-state index in [1.807, 2.05) is 0 Å². The van der Waals surface area contributed by atoms with E-state index < -0.39 is 0 Å². The van der Waals surface area contributed by atoms with Gasteiger partial charge in [0.05, 0.1) is 21.6 Å². The second-order valence-electron chi connectivity index (χ2n) is 11.0. The van der Waals surface area contributed by atoms with Crippen molar-refractivity contribution in [3.63, 3.8) is 0 Å². The number of hydrogen-bond acceptors (Lipinski definition) is 11. The standard InChI is InChI=1S/C28H34N8O2S2/c37-23-4-3-22(26(38)31-23)36-17-19-15-18(1-2-20(19)27(36)39)16-33-10-12-35(13-11-33)28-30-21-5-14-40-24(21)25(32-28)34-8-6-29-7-9-34/h1-2,5,14-15,22,27,29,39H,3-4,6-13,16-17H2,(H,31,37,38). The third kappa shape index (κ3) is 4.96. The molecular weight excluding hydrogens is 544 g/mol. The van der Waals surface area contributed by atoms with Crippen LogP contribution >= 0.6 is 24.0 Å². The predicted octanol–water partition coefficient (Wildman–Crippen LogP) is 1.97. The molecule has 3 saturated heterocycles. The van der Waals surface area contributed by atoms with E-state index in [1.54, 1.807) is 11.3 Å². The largest absolute Gasteiger partial charge is 0.353 e. The molecule has 3 aromatic rings. The number of thiol groups is 1. The summed E-state index contributed by atoms with van der Waals surface area (Å²) < 4.78 is 1.18. The molecule has 12 heteroatoms. The van der Waals surface area contributed by atoms with Gasteiger partial charge in [-0.3, -0.25) is 24.7 Å². The van der Waals surface area contributed by atoms with Gasteiger partial charge < -0.3 is 15.1 Å². The molecule has 0 radical (unpaired) electrons. The summed E-state index contributed by atoms with van der Waals surface area (Å²) in [5, 5.41) is 7.90. The van der Waals surface area contributed by atoms with E-state index in [9.17, 15) is 9.59 Å². The van der Waals surface area contributed by atoms with Gasteiger partial charge in [0, 0.05) is 71.9 Å². The first-order chi connectivity index (χ1) is 19.5. The molecule has 0 aliphatic carbocycles. The lowest BCUT2D eigenvalue weighted by atomic mass is 10.0. The number of aromatic nitrogens is 2. The molecule has 0 saturated carbocycles. The zero-order valence-corrected chi connectivity index (χ0v) is 24.1. The van der Waals surface area contributed by atoms with Crippen LogP contribution in [0.3, 0.4) is 0 Å². The van der Waals surface area contributed by atoms with Crippen LogP contribution in [0, 0.1) is 0 Å². The Bertz CT molecular complexity index is 1430. The van der Waals surface area contributed by atoms with Crippen LogP contribution in [0.25, 0.3) is 10.2 Å². The zero-order valence-electron chi connectivity index (χ0n) is 22.4. The molecule has 3 fully saturated rings. The number of piperidine rings is 1. The van der Waals surface area contributed by atoms with Crippen LogP contribution in [0.4, 0.5) is 11.8 Å². The Hall–Kier alpha value is -2.77. The van der Waals surface area contributed by atoms with Gasteiger partial charge in [-0.05, 0) is 34.6 Å². The van der Waals surface area contributed by atoms with E-state index in [-0.39, 0.29) is 23.2 Å². The van der Waals surface area contributed by atoms with E-state index in [1.165, 1.54) is 15.8 Å². The number of fused-ring (bicyclic) bond motifs is 2. The Morgan fingerprint density at radius 3 is 2.62 bits per heavy atom. The maximum absolute atomic E-state index is 12.5. The number of nitrogens with one attached hydrogen (secondary N) is 2. The lowest BCUT2D eigenvalue weighted by Gasteiger charge is -2.35. The molecule has 7 rings (SSSR count). The summed E-state index contributed by atoms with van der Waals surface area (Å²) in [5.74, 6) is 1.52. The smallest absolute Gasteiger partial charge is 0.243 e. The molecule has 2 N–H and O–H groups in total. The molecule has 0 spiro atoms. The Balaban J connectivity index is 1.00. The first kappa shape index (κ1) is 26.1. The van der Waals surface area contributed by atoms with Crippen molar-refractivity contribution in [1.29, 1.82) is 0 Å². The molecular formula is C28H34N8O2S2. The molecule has 2 atom stereocenters. The Kier molecular flexibility index (Phi) is 7.13. The number of rotatable bonds is 5. The van der Waals surface area contributed by atoms with E-state index in [0.717, 1.165) is 81.7 Å². The van der Waals surface area contributed by atoms with Crippen molar-refractivity contribution in [2.24, 2.45) is 0 Å². The van der Waals surface area contributed by atoms with Crippen LogP contribution in [-0.2, 0) is 22.7 Å². The van der Waals surface area contributed by atoms with Crippen LogP contribution < -0.4 is 20.4 Å². The average molecular weight is 579 g/mol. The number of piperazine rings is 2. The van der Waals surface area contributed by atoms with Crippen molar-refractivity contribution in [3.05, 3.63) is 46.3 Å². The fourth-order valence-electron chi connectivity index (χ4n) is 6.32. The number of thiophene rings is 1. The Morgan fingerprint density at radius 1 is 1.00 bits per heavy atom. The monoisotopic (exact) mass is 578 g/mol. The van der Waals surface area contributed by atoms with Gasteiger partial charge >= 0.3 is 0 Å². The van der Waals surface area contributed by atoms with Crippen molar-refractivity contribution in [1.82, 2.24) is 30.4 Å². The molecule has 2 aromatic heterocycles. The summed E-state index contributed by atoms with van der Waals surface area (Å²) in [5.41, 5.74) is 4.69. The molecule has 6 heterocycles. The lowest BCUT2D eigenvalue weighted by Crippen LogP contribution is -2.51. The van der Waals surface area contributed by atoms with Gasteiger partial charge in [0.1, 0.15) is 0 Å². The SMILES string of the molecule is O=C1CCC(N2Cc3cc(CN4CCN(c5nc(N6CCNCC6)c6sccc6n5)CC4)ccc3C2S)C(=O)N1. The minimum Gasteiger partial charge on any atom is -0.353 e.